The molecule has 3 heterocycles. The van der Waals surface area contributed by atoms with Crippen LogP contribution in [0.2, 0.25) is 0 Å². The van der Waals surface area contributed by atoms with Crippen molar-refractivity contribution in [2.24, 2.45) is 11.8 Å². The zero-order valence-corrected chi connectivity index (χ0v) is 55.1. The van der Waals surface area contributed by atoms with E-state index in [-0.39, 0.29) is 37.4 Å². The van der Waals surface area contributed by atoms with Crippen LogP contribution in [-0.2, 0) is 42.9 Å². The van der Waals surface area contributed by atoms with Crippen LogP contribution in [0.4, 0.5) is 5.82 Å². The van der Waals surface area contributed by atoms with Crippen LogP contribution in [0.25, 0.3) is 5.52 Å². The van der Waals surface area contributed by atoms with Crippen LogP contribution < -0.4 is 5.73 Å². The number of phosphoric ester groups is 1. The molecule has 17 nitrogen and oxygen atoms in total. The Morgan fingerprint density at radius 3 is 1.47 bits per heavy atom. The first kappa shape index (κ1) is 76.2. The minimum absolute atomic E-state index is 0.0751. The van der Waals surface area contributed by atoms with Crippen LogP contribution >= 0.6 is 7.82 Å². The lowest BCUT2D eigenvalue weighted by molar-refractivity contribution is -0.0704. The zero-order valence-electron chi connectivity index (χ0n) is 54.2. The standard InChI is InChI=1S/C40H68N5O9P.C28H56O3/c1-2-3-4-5-6-7-8-9-10-11-12-13-14-15-16-20-25-50-27-33(51-26-32-21-18-17-19-22-32)28-52-55(48,49)53-29-35-37(46)38(47)40(30-41,54-35)36-24-23-34-39(42)43-31-44-45(34)36;1-2-3-4-5-6-7-8-9-10-11-12-13-14-15-16-20-23-30-26-28(24-29)31-25-27-21-18-17-19-22-27/h23-24,31-33,35,37-38,46-47H,2-22,25-29H2,1H3,(H,48,49)(H2,42,43,44);27-29H,2-26H2,1H3/t33-,35-,37-,38-,40+;28-/m10/s1. The number of nitriles is 1. The SMILES string of the molecule is CCCCCCCCCCCCCCCCCCOC[C@H](CO)OCC1CCCCC1.CCCCCCCCCCCCCCCCCCOC[C@H](COP(=O)(O)OC[C@H]1O[C@@](C#N)(c2ccc3c(N)ncnn23)[C@H](O)[C@@H]1O)OCC1CCCCC1. The Balaban J connectivity index is 0.000000433. The normalized spacial score (nSPS) is 20.9. The van der Waals surface area contributed by atoms with Gasteiger partial charge in [0.25, 0.3) is 0 Å². The molecule has 0 spiro atoms. The number of hydrogen-bond donors (Lipinski definition) is 5. The van der Waals surface area contributed by atoms with E-state index in [0.29, 0.717) is 37.2 Å². The Bertz CT molecular complexity index is 2020. The number of phosphoric acid groups is 1. The third-order valence-electron chi connectivity index (χ3n) is 18.0. The minimum Gasteiger partial charge on any atom is -0.394 e. The Labute approximate surface area is 521 Å². The number of aromatic nitrogens is 3. The lowest BCUT2D eigenvalue weighted by Crippen LogP contribution is -2.41. The van der Waals surface area contributed by atoms with Crippen LogP contribution in [0.5, 0.6) is 0 Å². The first-order valence-electron chi connectivity index (χ1n) is 35.2. The number of ether oxygens (including phenoxy) is 5. The highest BCUT2D eigenvalue weighted by Gasteiger charge is 2.58. The molecule has 2 aromatic rings. The van der Waals surface area contributed by atoms with Gasteiger partial charge < -0.3 is 49.6 Å². The third-order valence-corrected chi connectivity index (χ3v) is 18.9. The van der Waals surface area contributed by atoms with Gasteiger partial charge >= 0.3 is 7.82 Å². The molecule has 3 aliphatic rings. The van der Waals surface area contributed by atoms with Crippen LogP contribution in [-0.4, -0.2) is 125 Å². The van der Waals surface area contributed by atoms with Gasteiger partial charge in [-0.1, -0.05) is 245 Å². The molecule has 86 heavy (non-hydrogen) atoms. The van der Waals surface area contributed by atoms with Crippen molar-refractivity contribution in [1.82, 2.24) is 14.6 Å². The maximum absolute atomic E-state index is 13.0. The van der Waals surface area contributed by atoms with E-state index in [1.165, 1.54) is 254 Å². The summed E-state index contributed by atoms with van der Waals surface area (Å²) in [4.78, 5) is 14.5. The Kier molecular flexibility index (Phi) is 42.9. The summed E-state index contributed by atoms with van der Waals surface area (Å²) in [6.45, 7) is 7.21. The van der Waals surface area contributed by atoms with Crippen LogP contribution in [0.3, 0.4) is 0 Å². The maximum Gasteiger partial charge on any atom is 0.472 e. The maximum atomic E-state index is 13.0. The molecule has 1 unspecified atom stereocenters. The van der Waals surface area contributed by atoms with Gasteiger partial charge in [-0.2, -0.15) is 10.4 Å². The first-order chi connectivity index (χ1) is 42.1. The van der Waals surface area contributed by atoms with Crippen molar-refractivity contribution >= 4 is 19.2 Å². The molecule has 0 amide bonds. The van der Waals surface area contributed by atoms with Gasteiger partial charge in [0.2, 0.25) is 5.60 Å². The van der Waals surface area contributed by atoms with Gasteiger partial charge in [-0.05, 0) is 62.5 Å². The molecule has 498 valence electrons. The average molecular weight is 1230 g/mol. The molecule has 2 aromatic heterocycles. The quantitative estimate of drug-likeness (QED) is 0.0305. The zero-order chi connectivity index (χ0) is 61.6. The largest absolute Gasteiger partial charge is 0.472 e. The molecule has 1 saturated heterocycles. The summed E-state index contributed by atoms with van der Waals surface area (Å²) in [5, 5.41) is 45.5. The minimum atomic E-state index is -4.67. The van der Waals surface area contributed by atoms with Crippen molar-refractivity contribution in [3.8, 4) is 6.07 Å². The molecular formula is C68H124N5O12P. The molecule has 6 N–H and O–H groups in total. The van der Waals surface area contributed by atoms with E-state index in [1.807, 2.05) is 6.07 Å². The number of nitrogens with zero attached hydrogens (tertiary/aromatic N) is 4. The number of fused-ring (bicyclic) bond motifs is 1. The summed E-state index contributed by atoms with van der Waals surface area (Å²) >= 11 is 0. The molecule has 2 aliphatic carbocycles. The van der Waals surface area contributed by atoms with E-state index in [1.54, 1.807) is 6.07 Å². The lowest BCUT2D eigenvalue weighted by atomic mass is 9.90. The van der Waals surface area contributed by atoms with Gasteiger partial charge in [-0.25, -0.2) is 14.1 Å². The molecule has 18 heteroatoms. The predicted octanol–water partition coefficient (Wildman–Crippen LogP) is 15.8. The number of rotatable bonds is 52. The molecule has 0 aromatic carbocycles. The summed E-state index contributed by atoms with van der Waals surface area (Å²) in [5.41, 5.74) is 4.33. The Morgan fingerprint density at radius 1 is 0.616 bits per heavy atom. The summed E-state index contributed by atoms with van der Waals surface area (Å²) < 4.78 is 54.4. The van der Waals surface area contributed by atoms with E-state index in [2.05, 4.69) is 23.9 Å². The van der Waals surface area contributed by atoms with E-state index in [9.17, 15) is 30.0 Å². The summed E-state index contributed by atoms with van der Waals surface area (Å²) in [6.07, 6.45) is 51.3. The fraction of sp³-hybridized carbons (Fsp3) is 0.897. The molecule has 1 aliphatic heterocycles. The number of nitrogen functional groups attached to an aromatic ring is 1. The second-order valence-electron chi connectivity index (χ2n) is 25.5. The lowest BCUT2D eigenvalue weighted by Gasteiger charge is -2.25. The van der Waals surface area contributed by atoms with Crippen molar-refractivity contribution in [2.75, 3.05) is 65.2 Å². The highest BCUT2D eigenvalue weighted by atomic mass is 31.2. The van der Waals surface area contributed by atoms with Crippen molar-refractivity contribution in [3.63, 3.8) is 0 Å². The summed E-state index contributed by atoms with van der Waals surface area (Å²) in [7, 11) is -4.67. The average Bonchev–Trinajstić information content (AvgIpc) is 1.77. The first-order valence-corrected chi connectivity index (χ1v) is 36.7. The second-order valence-corrected chi connectivity index (χ2v) is 27.0. The third kappa shape index (κ3) is 32.1. The van der Waals surface area contributed by atoms with E-state index in [4.69, 9.17) is 38.5 Å². The Morgan fingerprint density at radius 2 is 1.03 bits per heavy atom. The van der Waals surface area contributed by atoms with E-state index >= 15 is 0 Å². The monoisotopic (exact) mass is 1230 g/mol. The van der Waals surface area contributed by atoms with Crippen LogP contribution in [0, 0.1) is 23.2 Å². The highest BCUT2D eigenvalue weighted by molar-refractivity contribution is 7.47. The van der Waals surface area contributed by atoms with Gasteiger partial charge in [0, 0.05) is 26.4 Å². The van der Waals surface area contributed by atoms with Gasteiger partial charge in [-0.3, -0.25) is 9.05 Å². The van der Waals surface area contributed by atoms with Crippen molar-refractivity contribution in [2.45, 2.75) is 320 Å². The second kappa shape index (κ2) is 48.5. The number of unbranched alkanes of at least 4 members (excludes halogenated alkanes) is 30. The predicted molar refractivity (Wildman–Crippen MR) is 344 cm³/mol. The topological polar surface area (TPSA) is 243 Å². The number of hydrogen-bond acceptors (Lipinski definition) is 15. The number of anilines is 1. The van der Waals surface area contributed by atoms with Crippen molar-refractivity contribution in [1.29, 1.82) is 5.26 Å². The number of aliphatic hydroxyl groups is 3. The summed E-state index contributed by atoms with van der Waals surface area (Å²) in [5.74, 6) is 1.28. The molecular weight excluding hydrogens is 1110 g/mol. The van der Waals surface area contributed by atoms with Crippen LogP contribution in [0.15, 0.2) is 18.5 Å². The van der Waals surface area contributed by atoms with Gasteiger partial charge in [-0.15, -0.1) is 0 Å². The van der Waals surface area contributed by atoms with Gasteiger partial charge in [0.1, 0.15) is 48.4 Å². The van der Waals surface area contributed by atoms with Gasteiger partial charge in [0.15, 0.2) is 5.82 Å². The van der Waals surface area contributed by atoms with E-state index < -0.39 is 44.4 Å². The molecule has 5 rings (SSSR count). The van der Waals surface area contributed by atoms with Crippen molar-refractivity contribution in [3.05, 3.63) is 24.2 Å². The fourth-order valence-corrected chi connectivity index (χ4v) is 13.2. The number of aliphatic hydroxyl groups excluding tert-OH is 3. The molecule has 2 saturated carbocycles. The fourth-order valence-electron chi connectivity index (χ4n) is 12.4. The molecule has 0 bridgehead atoms. The Hall–Kier alpha value is -2.30. The molecule has 0 radical (unpaired) electrons. The molecule has 3 fully saturated rings. The van der Waals surface area contributed by atoms with E-state index in [0.717, 1.165) is 45.3 Å². The highest BCUT2D eigenvalue weighted by Crippen LogP contribution is 2.46. The van der Waals surface area contributed by atoms with Crippen LogP contribution in [0.1, 0.15) is 289 Å². The summed E-state index contributed by atoms with van der Waals surface area (Å²) in [6, 6.07) is 4.98. The number of nitrogens with two attached hydrogens (primary N) is 1. The smallest absolute Gasteiger partial charge is 0.394 e. The molecule has 7 atom stereocenters. The van der Waals surface area contributed by atoms with Crippen molar-refractivity contribution < 1.29 is 57.5 Å². The van der Waals surface area contributed by atoms with Gasteiger partial charge in [0.05, 0.1) is 38.7 Å².